The molecule has 2 aromatic rings. The molecule has 1 atom stereocenters. The van der Waals surface area contributed by atoms with Crippen molar-refractivity contribution < 1.29 is 13.2 Å². The van der Waals surface area contributed by atoms with Gasteiger partial charge in [0.1, 0.15) is 0 Å². The third-order valence-electron chi connectivity index (χ3n) is 5.32. The Morgan fingerprint density at radius 2 is 1.75 bits per heavy atom. The van der Waals surface area contributed by atoms with Crippen molar-refractivity contribution in [3.63, 3.8) is 0 Å². The van der Waals surface area contributed by atoms with E-state index in [0.717, 1.165) is 24.8 Å². The van der Waals surface area contributed by atoms with Crippen LogP contribution < -0.4 is 5.32 Å². The van der Waals surface area contributed by atoms with Crippen LogP contribution in [0, 0.1) is 6.92 Å². The first-order valence-corrected chi connectivity index (χ1v) is 11.3. The van der Waals surface area contributed by atoms with E-state index in [1.54, 1.807) is 19.1 Å². The fraction of sp³-hybridized carbons (Fsp3) is 0.409. The van der Waals surface area contributed by atoms with E-state index < -0.39 is 10.0 Å². The average molecular weight is 401 g/mol. The smallest absolute Gasteiger partial charge is 0.251 e. The van der Waals surface area contributed by atoms with Crippen LogP contribution in [0.3, 0.4) is 0 Å². The number of carbonyl (C=O) groups is 1. The third-order valence-corrected chi connectivity index (χ3v) is 7.36. The maximum Gasteiger partial charge on any atom is 0.251 e. The van der Waals surface area contributed by atoms with Crippen molar-refractivity contribution in [1.29, 1.82) is 0 Å². The van der Waals surface area contributed by atoms with Gasteiger partial charge in [0.2, 0.25) is 10.0 Å². The first kappa shape index (κ1) is 20.6. The van der Waals surface area contributed by atoms with E-state index in [1.165, 1.54) is 10.4 Å². The quantitative estimate of drug-likeness (QED) is 0.804. The molecule has 0 bridgehead atoms. The number of hydrogen-bond donors (Lipinski definition) is 1. The molecule has 0 radical (unpaired) electrons. The largest absolute Gasteiger partial charge is 0.351 e. The van der Waals surface area contributed by atoms with Gasteiger partial charge in [-0.3, -0.25) is 4.79 Å². The first-order chi connectivity index (χ1) is 13.4. The van der Waals surface area contributed by atoms with Gasteiger partial charge in [-0.25, -0.2) is 8.42 Å². The van der Waals surface area contributed by atoms with Crippen molar-refractivity contribution >= 4 is 15.9 Å². The van der Waals surface area contributed by atoms with Crippen molar-refractivity contribution in [1.82, 2.24) is 9.62 Å². The van der Waals surface area contributed by atoms with Crippen LogP contribution in [0.4, 0.5) is 0 Å². The van der Waals surface area contributed by atoms with Crippen LogP contribution in [0.2, 0.25) is 0 Å². The van der Waals surface area contributed by atoms with Gasteiger partial charge in [0, 0.05) is 25.2 Å². The maximum atomic E-state index is 13.0. The number of benzene rings is 2. The molecule has 3 rings (SSSR count). The number of nitrogens with zero attached hydrogens (tertiary/aromatic N) is 1. The number of sulfonamides is 1. The lowest BCUT2D eigenvalue weighted by Gasteiger charge is -2.26. The van der Waals surface area contributed by atoms with Crippen LogP contribution in [-0.2, 0) is 10.0 Å². The molecule has 28 heavy (non-hydrogen) atoms. The monoisotopic (exact) mass is 400 g/mol. The Bertz CT molecular complexity index is 920. The molecule has 1 aliphatic rings. The van der Waals surface area contributed by atoms with Crippen LogP contribution in [0.5, 0.6) is 0 Å². The van der Waals surface area contributed by atoms with Crippen LogP contribution in [-0.4, -0.2) is 38.3 Å². The zero-order valence-corrected chi connectivity index (χ0v) is 17.3. The Balaban J connectivity index is 1.74. The molecule has 0 spiro atoms. The summed E-state index contributed by atoms with van der Waals surface area (Å²) >= 11 is 0. The van der Waals surface area contributed by atoms with Crippen molar-refractivity contribution in [3.8, 4) is 0 Å². The van der Waals surface area contributed by atoms with E-state index in [4.69, 9.17) is 0 Å². The Morgan fingerprint density at radius 1 is 1.07 bits per heavy atom. The molecule has 1 unspecified atom stereocenters. The Kier molecular flexibility index (Phi) is 6.52. The zero-order valence-electron chi connectivity index (χ0n) is 16.5. The van der Waals surface area contributed by atoms with Crippen molar-refractivity contribution in [2.75, 3.05) is 19.6 Å². The maximum absolute atomic E-state index is 13.0. The molecule has 1 heterocycles. The van der Waals surface area contributed by atoms with Crippen LogP contribution in [0.25, 0.3) is 0 Å². The highest BCUT2D eigenvalue weighted by atomic mass is 32.2. The molecule has 1 aliphatic heterocycles. The number of piperidine rings is 1. The highest BCUT2D eigenvalue weighted by Gasteiger charge is 2.28. The number of carbonyl (C=O) groups excluding carboxylic acids is 1. The van der Waals surface area contributed by atoms with E-state index in [1.807, 2.05) is 30.3 Å². The zero-order chi connectivity index (χ0) is 20.1. The normalized spacial score (nSPS) is 16.5. The molecule has 150 valence electrons. The molecule has 2 aromatic carbocycles. The van der Waals surface area contributed by atoms with Gasteiger partial charge in [-0.05, 0) is 48.9 Å². The topological polar surface area (TPSA) is 66.5 Å². The van der Waals surface area contributed by atoms with Crippen molar-refractivity contribution in [3.05, 3.63) is 65.2 Å². The summed E-state index contributed by atoms with van der Waals surface area (Å²) in [6, 6.07) is 14.9. The lowest BCUT2D eigenvalue weighted by atomic mass is 10.0. The molecule has 0 saturated carbocycles. The predicted molar refractivity (Wildman–Crippen MR) is 111 cm³/mol. The summed E-state index contributed by atoms with van der Waals surface area (Å²) in [4.78, 5) is 12.9. The summed E-state index contributed by atoms with van der Waals surface area (Å²) in [7, 11) is -3.57. The molecular formula is C22H28N2O3S. The van der Waals surface area contributed by atoms with E-state index in [-0.39, 0.29) is 16.7 Å². The van der Waals surface area contributed by atoms with Gasteiger partial charge >= 0.3 is 0 Å². The predicted octanol–water partition coefficient (Wildman–Crippen LogP) is 3.70. The third kappa shape index (κ3) is 4.62. The molecule has 1 fully saturated rings. The van der Waals surface area contributed by atoms with E-state index in [9.17, 15) is 13.2 Å². The second-order valence-electron chi connectivity index (χ2n) is 7.47. The van der Waals surface area contributed by atoms with E-state index in [2.05, 4.69) is 12.2 Å². The Labute approximate surface area is 167 Å². The molecular weight excluding hydrogens is 372 g/mol. The second-order valence-corrected chi connectivity index (χ2v) is 9.37. The molecule has 1 amide bonds. The fourth-order valence-electron chi connectivity index (χ4n) is 3.51. The fourth-order valence-corrected chi connectivity index (χ4v) is 5.28. The number of rotatable bonds is 6. The standard InChI is InChI=1S/C22H28N2O3S/c1-17-11-12-20(15-21(17)28(26,27)24-13-7-4-8-14-24)22(25)23-16-18(2)19-9-5-3-6-10-19/h3,5-6,9-12,15,18H,4,7-8,13-14,16H2,1-2H3,(H,23,25). The van der Waals surface area contributed by atoms with Gasteiger partial charge in [0.15, 0.2) is 0 Å². The highest BCUT2D eigenvalue weighted by Crippen LogP contribution is 2.24. The van der Waals surface area contributed by atoms with Crippen LogP contribution in [0.15, 0.2) is 53.4 Å². The highest BCUT2D eigenvalue weighted by molar-refractivity contribution is 7.89. The molecule has 5 nitrogen and oxygen atoms in total. The second kappa shape index (κ2) is 8.88. The summed E-state index contributed by atoms with van der Waals surface area (Å²) in [5.41, 5.74) is 2.20. The average Bonchev–Trinajstić information content (AvgIpc) is 2.73. The molecule has 6 heteroatoms. The van der Waals surface area contributed by atoms with Gasteiger partial charge in [0.25, 0.3) is 5.91 Å². The van der Waals surface area contributed by atoms with Crippen LogP contribution >= 0.6 is 0 Å². The van der Waals surface area contributed by atoms with Crippen LogP contribution in [0.1, 0.15) is 53.6 Å². The number of aryl methyl sites for hydroxylation is 1. The summed E-state index contributed by atoms with van der Waals surface area (Å²) in [6.45, 7) is 5.41. The molecule has 0 aromatic heterocycles. The van der Waals surface area contributed by atoms with Gasteiger partial charge < -0.3 is 5.32 Å². The number of hydrogen-bond acceptors (Lipinski definition) is 3. The van der Waals surface area contributed by atoms with E-state index in [0.29, 0.717) is 30.8 Å². The van der Waals surface area contributed by atoms with Gasteiger partial charge in [-0.1, -0.05) is 49.7 Å². The molecule has 1 N–H and O–H groups in total. The van der Waals surface area contributed by atoms with E-state index >= 15 is 0 Å². The minimum absolute atomic E-state index is 0.173. The summed E-state index contributed by atoms with van der Waals surface area (Å²) in [6.07, 6.45) is 2.83. The lowest BCUT2D eigenvalue weighted by molar-refractivity contribution is 0.0951. The lowest BCUT2D eigenvalue weighted by Crippen LogP contribution is -2.36. The molecule has 0 aliphatic carbocycles. The Hall–Kier alpha value is -2.18. The Morgan fingerprint density at radius 3 is 2.43 bits per heavy atom. The van der Waals surface area contributed by atoms with Crippen molar-refractivity contribution in [2.24, 2.45) is 0 Å². The van der Waals surface area contributed by atoms with Gasteiger partial charge in [-0.15, -0.1) is 0 Å². The van der Waals surface area contributed by atoms with Gasteiger partial charge in [-0.2, -0.15) is 4.31 Å². The molecule has 1 saturated heterocycles. The summed E-state index contributed by atoms with van der Waals surface area (Å²) < 4.78 is 27.6. The van der Waals surface area contributed by atoms with Crippen molar-refractivity contribution in [2.45, 2.75) is 43.9 Å². The number of amides is 1. The van der Waals surface area contributed by atoms with Gasteiger partial charge in [0.05, 0.1) is 4.90 Å². The minimum atomic E-state index is -3.57. The number of nitrogens with one attached hydrogen (secondary N) is 1. The SMILES string of the molecule is Cc1ccc(C(=O)NCC(C)c2ccccc2)cc1S(=O)(=O)N1CCCCC1. The minimum Gasteiger partial charge on any atom is -0.351 e. The first-order valence-electron chi connectivity index (χ1n) is 9.83. The summed E-state index contributed by atoms with van der Waals surface area (Å²) in [5, 5.41) is 2.93. The summed E-state index contributed by atoms with van der Waals surface area (Å²) in [5.74, 6) is -0.0787.